The van der Waals surface area contributed by atoms with Gasteiger partial charge in [0.15, 0.2) is 17.5 Å². The molecule has 4 heteroatoms. The first-order valence-electron chi connectivity index (χ1n) is 6.73. The first-order chi connectivity index (χ1) is 8.84. The van der Waals surface area contributed by atoms with Crippen molar-refractivity contribution >= 4 is 0 Å². The number of hydrogen-bond donors (Lipinski definition) is 1. The maximum atomic E-state index is 13.8. The van der Waals surface area contributed by atoms with E-state index in [0.29, 0.717) is 0 Å². The van der Waals surface area contributed by atoms with Crippen LogP contribution in [0.15, 0.2) is 12.1 Å². The maximum absolute atomic E-state index is 13.8. The van der Waals surface area contributed by atoms with Crippen molar-refractivity contribution in [2.45, 2.75) is 45.6 Å². The van der Waals surface area contributed by atoms with Crippen molar-refractivity contribution in [3.8, 4) is 0 Å². The molecule has 1 aliphatic carbocycles. The Bertz CT molecular complexity index is 471. The molecule has 1 nitrogen and oxygen atoms in total. The third-order valence-corrected chi connectivity index (χ3v) is 4.45. The Kier molecular flexibility index (Phi) is 3.90. The first kappa shape index (κ1) is 14.4. The minimum atomic E-state index is -1.43. The zero-order valence-corrected chi connectivity index (χ0v) is 11.3. The van der Waals surface area contributed by atoms with E-state index in [1.54, 1.807) is 0 Å². The fourth-order valence-electron chi connectivity index (χ4n) is 3.20. The summed E-state index contributed by atoms with van der Waals surface area (Å²) in [4.78, 5) is 0. The van der Waals surface area contributed by atoms with Gasteiger partial charge in [-0.05, 0) is 30.2 Å². The Labute approximate surface area is 112 Å². The van der Waals surface area contributed by atoms with E-state index in [1.807, 2.05) is 0 Å². The normalized spacial score (nSPS) is 24.2. The van der Waals surface area contributed by atoms with Crippen LogP contribution in [0, 0.1) is 28.8 Å². The summed E-state index contributed by atoms with van der Waals surface area (Å²) in [6.45, 7) is 4.21. The maximum Gasteiger partial charge on any atom is 0.194 e. The summed E-state index contributed by atoms with van der Waals surface area (Å²) in [5.41, 5.74) is 6.21. The zero-order chi connectivity index (χ0) is 14.2. The van der Waals surface area contributed by atoms with Gasteiger partial charge in [0, 0.05) is 11.6 Å². The molecule has 1 fully saturated rings. The summed E-state index contributed by atoms with van der Waals surface area (Å²) in [5, 5.41) is 0. The zero-order valence-electron chi connectivity index (χ0n) is 11.3. The van der Waals surface area contributed by atoms with Crippen LogP contribution in [0.5, 0.6) is 0 Å². The second-order valence-corrected chi connectivity index (χ2v) is 6.13. The molecular weight excluding hydrogens is 251 g/mol. The Morgan fingerprint density at radius 2 is 1.84 bits per heavy atom. The molecule has 1 aliphatic rings. The monoisotopic (exact) mass is 271 g/mol. The number of benzene rings is 1. The highest BCUT2D eigenvalue weighted by Crippen LogP contribution is 2.46. The van der Waals surface area contributed by atoms with Gasteiger partial charge in [0.25, 0.3) is 0 Å². The molecule has 2 unspecified atom stereocenters. The summed E-state index contributed by atoms with van der Waals surface area (Å²) in [6, 6.07) is 1.62. The summed E-state index contributed by atoms with van der Waals surface area (Å²) < 4.78 is 40.1. The number of halogens is 3. The van der Waals surface area contributed by atoms with Crippen molar-refractivity contribution in [2.75, 3.05) is 0 Å². The van der Waals surface area contributed by atoms with E-state index in [4.69, 9.17) is 5.73 Å². The predicted octanol–water partition coefficient (Wildman–Crippen LogP) is 4.32. The lowest BCUT2D eigenvalue weighted by atomic mass is 9.65. The van der Waals surface area contributed by atoms with Gasteiger partial charge in [-0.3, -0.25) is 0 Å². The van der Waals surface area contributed by atoms with E-state index < -0.39 is 23.5 Å². The quantitative estimate of drug-likeness (QED) is 0.796. The molecule has 2 atom stereocenters. The van der Waals surface area contributed by atoms with E-state index in [0.717, 1.165) is 31.7 Å². The van der Waals surface area contributed by atoms with Crippen LogP contribution in [-0.2, 0) is 0 Å². The van der Waals surface area contributed by atoms with Gasteiger partial charge < -0.3 is 5.73 Å². The highest BCUT2D eigenvalue weighted by atomic mass is 19.2. The van der Waals surface area contributed by atoms with Crippen LogP contribution < -0.4 is 5.73 Å². The molecule has 19 heavy (non-hydrogen) atoms. The third-order valence-electron chi connectivity index (χ3n) is 4.45. The molecule has 0 radical (unpaired) electrons. The minimum Gasteiger partial charge on any atom is -0.324 e. The molecule has 0 aromatic heterocycles. The van der Waals surface area contributed by atoms with Crippen LogP contribution >= 0.6 is 0 Å². The lowest BCUT2D eigenvalue weighted by molar-refractivity contribution is 0.111. The van der Waals surface area contributed by atoms with Crippen LogP contribution in [0.25, 0.3) is 0 Å². The molecule has 0 spiro atoms. The molecule has 1 aromatic carbocycles. The molecule has 0 aliphatic heterocycles. The molecular formula is C15H20F3N. The fraction of sp³-hybridized carbons (Fsp3) is 0.600. The van der Waals surface area contributed by atoms with E-state index >= 15 is 0 Å². The summed E-state index contributed by atoms with van der Waals surface area (Å²) in [7, 11) is 0. The second-order valence-electron chi connectivity index (χ2n) is 6.13. The number of hydrogen-bond acceptors (Lipinski definition) is 1. The average molecular weight is 271 g/mol. The van der Waals surface area contributed by atoms with Gasteiger partial charge >= 0.3 is 0 Å². The minimum absolute atomic E-state index is 0.00499. The van der Waals surface area contributed by atoms with Gasteiger partial charge in [-0.25, -0.2) is 13.2 Å². The highest BCUT2D eigenvalue weighted by Gasteiger charge is 2.37. The molecule has 0 bridgehead atoms. The SMILES string of the molecule is CC1(C)CCCCC1C(N)c1ccc(F)c(F)c1F. The Balaban J connectivity index is 2.33. The Hall–Kier alpha value is -1.03. The van der Waals surface area contributed by atoms with E-state index in [1.165, 1.54) is 6.07 Å². The molecule has 1 aromatic rings. The summed E-state index contributed by atoms with van der Waals surface area (Å²) in [5.74, 6) is -3.66. The van der Waals surface area contributed by atoms with Gasteiger partial charge in [0.2, 0.25) is 0 Å². The van der Waals surface area contributed by atoms with Crippen LogP contribution in [0.2, 0.25) is 0 Å². The van der Waals surface area contributed by atoms with Crippen molar-refractivity contribution < 1.29 is 13.2 Å². The fourth-order valence-corrected chi connectivity index (χ4v) is 3.20. The third kappa shape index (κ3) is 2.64. The van der Waals surface area contributed by atoms with Crippen LogP contribution in [0.4, 0.5) is 13.2 Å². The van der Waals surface area contributed by atoms with Gasteiger partial charge in [0.1, 0.15) is 0 Å². The van der Waals surface area contributed by atoms with Gasteiger partial charge in [0.05, 0.1) is 0 Å². The van der Waals surface area contributed by atoms with Gasteiger partial charge in [-0.2, -0.15) is 0 Å². The highest BCUT2D eigenvalue weighted by molar-refractivity contribution is 5.24. The molecule has 106 valence electrons. The Morgan fingerprint density at radius 1 is 1.16 bits per heavy atom. The van der Waals surface area contributed by atoms with Crippen molar-refractivity contribution in [3.05, 3.63) is 35.1 Å². The lowest BCUT2D eigenvalue weighted by Crippen LogP contribution is -2.36. The second kappa shape index (κ2) is 5.16. The molecule has 0 heterocycles. The summed E-state index contributed by atoms with van der Waals surface area (Å²) in [6.07, 6.45) is 4.10. The lowest BCUT2D eigenvalue weighted by Gasteiger charge is -2.42. The predicted molar refractivity (Wildman–Crippen MR) is 69.0 cm³/mol. The molecule has 1 saturated carbocycles. The molecule has 2 rings (SSSR count). The van der Waals surface area contributed by atoms with E-state index in [9.17, 15) is 13.2 Å². The average Bonchev–Trinajstić information content (AvgIpc) is 2.35. The van der Waals surface area contributed by atoms with Crippen molar-refractivity contribution in [1.82, 2.24) is 0 Å². The summed E-state index contributed by atoms with van der Waals surface area (Å²) >= 11 is 0. The van der Waals surface area contributed by atoms with E-state index in [-0.39, 0.29) is 16.9 Å². The topological polar surface area (TPSA) is 26.0 Å². The molecule has 0 amide bonds. The van der Waals surface area contributed by atoms with Crippen LogP contribution in [0.1, 0.15) is 51.1 Å². The number of nitrogens with two attached hydrogens (primary N) is 1. The largest absolute Gasteiger partial charge is 0.324 e. The first-order valence-corrected chi connectivity index (χ1v) is 6.73. The van der Waals surface area contributed by atoms with Crippen molar-refractivity contribution in [1.29, 1.82) is 0 Å². The van der Waals surface area contributed by atoms with Gasteiger partial charge in [-0.15, -0.1) is 0 Å². The molecule has 2 N–H and O–H groups in total. The van der Waals surface area contributed by atoms with Crippen molar-refractivity contribution in [3.63, 3.8) is 0 Å². The van der Waals surface area contributed by atoms with Crippen molar-refractivity contribution in [2.24, 2.45) is 17.1 Å². The van der Waals surface area contributed by atoms with Gasteiger partial charge in [-0.1, -0.05) is 32.8 Å². The van der Waals surface area contributed by atoms with Crippen LogP contribution in [-0.4, -0.2) is 0 Å². The van der Waals surface area contributed by atoms with E-state index in [2.05, 4.69) is 13.8 Å². The molecule has 0 saturated heterocycles. The van der Waals surface area contributed by atoms with Crippen LogP contribution in [0.3, 0.4) is 0 Å². The Morgan fingerprint density at radius 3 is 2.47 bits per heavy atom. The standard InChI is InChI=1S/C15H20F3N/c1-15(2)8-4-3-5-10(15)14(19)9-6-7-11(16)13(18)12(9)17/h6-7,10,14H,3-5,8,19H2,1-2H3. The number of rotatable bonds is 2. The smallest absolute Gasteiger partial charge is 0.194 e.